The Hall–Kier alpha value is -1.69. The van der Waals surface area contributed by atoms with Gasteiger partial charge in [-0.2, -0.15) is 5.26 Å². The first-order chi connectivity index (χ1) is 7.26. The maximum atomic E-state index is 8.66. The van der Waals surface area contributed by atoms with Gasteiger partial charge in [0.1, 0.15) is 5.75 Å². The fraction of sp³-hybridized carbons (Fsp3) is 0.417. The van der Waals surface area contributed by atoms with Gasteiger partial charge in [0, 0.05) is 11.8 Å². The molecule has 3 heteroatoms. The van der Waals surface area contributed by atoms with Gasteiger partial charge >= 0.3 is 0 Å². The van der Waals surface area contributed by atoms with E-state index < -0.39 is 0 Å². The zero-order chi connectivity index (χ0) is 10.7. The second-order valence-electron chi connectivity index (χ2n) is 4.16. The number of nitrogen functional groups attached to an aromatic ring is 1. The molecule has 78 valence electrons. The number of hydrogen-bond donors (Lipinski definition) is 1. The fourth-order valence-corrected chi connectivity index (χ4v) is 1.56. The molecule has 1 saturated carbocycles. The fourth-order valence-electron chi connectivity index (χ4n) is 1.56. The first-order valence-corrected chi connectivity index (χ1v) is 5.10. The van der Waals surface area contributed by atoms with E-state index in [4.69, 9.17) is 15.7 Å². The molecule has 0 saturated heterocycles. The van der Waals surface area contributed by atoms with Gasteiger partial charge < -0.3 is 10.5 Å². The lowest BCUT2D eigenvalue weighted by atomic mass is 10.1. The molecule has 1 aromatic carbocycles. The predicted octanol–water partition coefficient (Wildman–Crippen LogP) is 2.34. The molecular weight excluding hydrogens is 188 g/mol. The van der Waals surface area contributed by atoms with Gasteiger partial charge in [-0.3, -0.25) is 0 Å². The van der Waals surface area contributed by atoms with Crippen LogP contribution in [0.2, 0.25) is 0 Å². The largest absolute Gasteiger partial charge is 0.491 e. The van der Waals surface area contributed by atoms with Crippen LogP contribution in [0.15, 0.2) is 24.3 Å². The van der Waals surface area contributed by atoms with Crippen LogP contribution in [0.4, 0.5) is 5.69 Å². The van der Waals surface area contributed by atoms with Gasteiger partial charge in [-0.1, -0.05) is 12.1 Å². The summed E-state index contributed by atoms with van der Waals surface area (Å²) < 4.78 is 5.64. The van der Waals surface area contributed by atoms with Crippen LogP contribution in [0.3, 0.4) is 0 Å². The molecule has 0 amide bonds. The highest BCUT2D eigenvalue weighted by Crippen LogP contribution is 2.48. The summed E-state index contributed by atoms with van der Waals surface area (Å²) in [5.74, 6) is 0.724. The minimum atomic E-state index is 0.108. The summed E-state index contributed by atoms with van der Waals surface area (Å²) in [6.07, 6.45) is 2.76. The van der Waals surface area contributed by atoms with Crippen molar-refractivity contribution in [2.75, 3.05) is 12.3 Å². The summed E-state index contributed by atoms with van der Waals surface area (Å²) in [6, 6.07) is 9.67. The molecule has 1 aromatic rings. The van der Waals surface area contributed by atoms with E-state index in [0.29, 0.717) is 18.7 Å². The Bertz CT molecular complexity index is 391. The first kappa shape index (κ1) is 9.85. The predicted molar refractivity (Wildman–Crippen MR) is 58.2 cm³/mol. The van der Waals surface area contributed by atoms with E-state index in [1.54, 1.807) is 0 Å². The topological polar surface area (TPSA) is 59.0 Å². The Labute approximate surface area is 89.5 Å². The van der Waals surface area contributed by atoms with E-state index in [9.17, 15) is 0 Å². The summed E-state index contributed by atoms with van der Waals surface area (Å²) in [7, 11) is 0. The molecular formula is C12H14N2O. The van der Waals surface area contributed by atoms with Crippen LogP contribution in [-0.4, -0.2) is 6.61 Å². The SMILES string of the molecule is N#CCC1(COc2ccccc2N)CC1. The van der Waals surface area contributed by atoms with Crippen molar-refractivity contribution in [3.63, 3.8) is 0 Å². The van der Waals surface area contributed by atoms with Gasteiger partial charge in [-0.15, -0.1) is 0 Å². The minimum absolute atomic E-state index is 0.108. The molecule has 0 unspecified atom stereocenters. The van der Waals surface area contributed by atoms with Gasteiger partial charge in [-0.05, 0) is 25.0 Å². The standard InChI is InChI=1S/C12H14N2O/c13-8-7-12(5-6-12)9-15-11-4-2-1-3-10(11)14/h1-4H,5-7,9,14H2. The normalized spacial score (nSPS) is 16.7. The van der Waals surface area contributed by atoms with Crippen molar-refractivity contribution < 1.29 is 4.74 Å². The van der Waals surface area contributed by atoms with E-state index in [2.05, 4.69) is 6.07 Å². The lowest BCUT2D eigenvalue weighted by molar-refractivity contribution is 0.238. The smallest absolute Gasteiger partial charge is 0.142 e. The molecule has 1 aliphatic rings. The van der Waals surface area contributed by atoms with Crippen LogP contribution >= 0.6 is 0 Å². The average molecular weight is 202 g/mol. The third kappa shape index (κ3) is 2.21. The van der Waals surface area contributed by atoms with Crippen LogP contribution in [0, 0.1) is 16.7 Å². The van der Waals surface area contributed by atoms with Crippen molar-refractivity contribution in [3.8, 4) is 11.8 Å². The highest BCUT2D eigenvalue weighted by Gasteiger charge is 2.43. The summed E-state index contributed by atoms with van der Waals surface area (Å²) in [5, 5.41) is 8.66. The minimum Gasteiger partial charge on any atom is -0.491 e. The Morgan fingerprint density at radius 1 is 1.40 bits per heavy atom. The van der Waals surface area contributed by atoms with E-state index in [1.807, 2.05) is 24.3 Å². The quantitative estimate of drug-likeness (QED) is 0.762. The lowest BCUT2D eigenvalue weighted by Crippen LogP contribution is -2.13. The number of para-hydroxylation sites is 2. The maximum absolute atomic E-state index is 8.66. The molecule has 2 rings (SSSR count). The van der Waals surface area contributed by atoms with E-state index >= 15 is 0 Å². The van der Waals surface area contributed by atoms with Crippen molar-refractivity contribution in [2.45, 2.75) is 19.3 Å². The third-order valence-electron chi connectivity index (χ3n) is 2.86. The summed E-state index contributed by atoms with van der Waals surface area (Å²) in [6.45, 7) is 0.606. The summed E-state index contributed by atoms with van der Waals surface area (Å²) >= 11 is 0. The molecule has 2 N–H and O–H groups in total. The van der Waals surface area contributed by atoms with Crippen LogP contribution in [-0.2, 0) is 0 Å². The van der Waals surface area contributed by atoms with Gasteiger partial charge in [-0.25, -0.2) is 0 Å². The summed E-state index contributed by atoms with van der Waals surface area (Å²) in [5.41, 5.74) is 6.52. The molecule has 0 aromatic heterocycles. The molecule has 3 nitrogen and oxygen atoms in total. The Balaban J connectivity index is 1.94. The lowest BCUT2D eigenvalue weighted by Gasteiger charge is -2.13. The van der Waals surface area contributed by atoms with Crippen LogP contribution in [0.5, 0.6) is 5.75 Å². The molecule has 0 atom stereocenters. The van der Waals surface area contributed by atoms with Crippen molar-refractivity contribution >= 4 is 5.69 Å². The number of nitrogens with zero attached hydrogens (tertiary/aromatic N) is 1. The van der Waals surface area contributed by atoms with Gasteiger partial charge in [0.15, 0.2) is 0 Å². The molecule has 0 radical (unpaired) electrons. The second kappa shape index (κ2) is 3.82. The number of benzene rings is 1. The third-order valence-corrected chi connectivity index (χ3v) is 2.86. The maximum Gasteiger partial charge on any atom is 0.142 e. The molecule has 0 heterocycles. The Morgan fingerprint density at radius 2 is 2.13 bits per heavy atom. The van der Waals surface area contributed by atoms with E-state index in [1.165, 1.54) is 0 Å². The monoisotopic (exact) mass is 202 g/mol. The molecule has 15 heavy (non-hydrogen) atoms. The van der Waals surface area contributed by atoms with Crippen LogP contribution in [0.1, 0.15) is 19.3 Å². The molecule has 1 aliphatic carbocycles. The number of nitrogens with two attached hydrogens (primary N) is 1. The zero-order valence-corrected chi connectivity index (χ0v) is 8.57. The van der Waals surface area contributed by atoms with Crippen molar-refractivity contribution in [1.82, 2.24) is 0 Å². The van der Waals surface area contributed by atoms with Crippen molar-refractivity contribution in [1.29, 1.82) is 5.26 Å². The summed E-state index contributed by atoms with van der Waals surface area (Å²) in [4.78, 5) is 0. The van der Waals surface area contributed by atoms with Crippen LogP contribution in [0.25, 0.3) is 0 Å². The van der Waals surface area contributed by atoms with Gasteiger partial charge in [0.25, 0.3) is 0 Å². The number of anilines is 1. The second-order valence-corrected chi connectivity index (χ2v) is 4.16. The van der Waals surface area contributed by atoms with E-state index in [-0.39, 0.29) is 5.41 Å². The van der Waals surface area contributed by atoms with Crippen molar-refractivity contribution in [2.24, 2.45) is 5.41 Å². The average Bonchev–Trinajstić information content (AvgIpc) is 2.98. The highest BCUT2D eigenvalue weighted by molar-refractivity contribution is 5.51. The number of rotatable bonds is 4. The molecule has 0 spiro atoms. The molecule has 0 aliphatic heterocycles. The highest BCUT2D eigenvalue weighted by atomic mass is 16.5. The number of hydrogen-bond acceptors (Lipinski definition) is 3. The number of nitriles is 1. The Kier molecular flexibility index (Phi) is 2.51. The Morgan fingerprint density at radius 3 is 2.73 bits per heavy atom. The number of ether oxygens (including phenoxy) is 1. The van der Waals surface area contributed by atoms with Gasteiger partial charge in [0.2, 0.25) is 0 Å². The van der Waals surface area contributed by atoms with Crippen molar-refractivity contribution in [3.05, 3.63) is 24.3 Å². The molecule has 0 bridgehead atoms. The van der Waals surface area contributed by atoms with E-state index in [0.717, 1.165) is 18.6 Å². The first-order valence-electron chi connectivity index (χ1n) is 5.10. The molecule has 1 fully saturated rings. The van der Waals surface area contributed by atoms with Gasteiger partial charge in [0.05, 0.1) is 18.4 Å². The van der Waals surface area contributed by atoms with Crippen LogP contribution < -0.4 is 10.5 Å². The zero-order valence-electron chi connectivity index (χ0n) is 8.57.